The van der Waals surface area contributed by atoms with Gasteiger partial charge in [0, 0.05) is 0 Å². The van der Waals surface area contributed by atoms with Gasteiger partial charge in [-0.05, 0) is 0 Å². The van der Waals surface area contributed by atoms with Gasteiger partial charge < -0.3 is 15.3 Å². The van der Waals surface area contributed by atoms with Crippen LogP contribution in [0.3, 0.4) is 0 Å². The van der Waals surface area contributed by atoms with Gasteiger partial charge in [-0.1, -0.05) is 0 Å². The fraction of sp³-hybridized carbons (Fsp3) is 0.250. The van der Waals surface area contributed by atoms with E-state index in [1.165, 1.54) is 0 Å². The molecule has 8 nitrogen and oxygen atoms in total. The Morgan fingerprint density at radius 2 is 1.67 bits per heavy atom. The summed E-state index contributed by atoms with van der Waals surface area (Å²) in [6, 6.07) is 0. The quantitative estimate of drug-likeness (QED) is 0.434. The zero-order valence-electron chi connectivity index (χ0n) is 5.62. The molecule has 3 N–H and O–H groups in total. The molecule has 0 aliphatic rings. The molecule has 64 valence electrons. The molecule has 0 bridgehead atoms. The molecular weight excluding hydrogens is 168 g/mol. The van der Waals surface area contributed by atoms with Gasteiger partial charge in [0.25, 0.3) is 5.82 Å². The molecule has 1 aromatic heterocycles. The molecule has 12 heavy (non-hydrogen) atoms. The van der Waals surface area contributed by atoms with E-state index in [1.807, 2.05) is 0 Å². The third-order valence-corrected chi connectivity index (χ3v) is 0.917. The van der Waals surface area contributed by atoms with Crippen molar-refractivity contribution in [3.05, 3.63) is 11.6 Å². The maximum absolute atomic E-state index is 10.2. The molecule has 0 aromatic carbocycles. The first-order chi connectivity index (χ1) is 5.61. The zero-order chi connectivity index (χ0) is 9.14. The monoisotopic (exact) mass is 172 g/mol. The molecule has 0 saturated heterocycles. The van der Waals surface area contributed by atoms with E-state index in [0.29, 0.717) is 0 Å². The highest BCUT2D eigenvalue weighted by Crippen LogP contribution is 1.97. The van der Waals surface area contributed by atoms with Crippen LogP contribution in [0.2, 0.25) is 0 Å². The fourth-order valence-corrected chi connectivity index (χ4v) is 0.426. The lowest BCUT2D eigenvalue weighted by molar-refractivity contribution is -0.0510. The van der Waals surface area contributed by atoms with Gasteiger partial charge in [0.1, 0.15) is 0 Å². The third kappa shape index (κ3) is 1.68. The van der Waals surface area contributed by atoms with Gasteiger partial charge in [-0.25, -0.2) is 4.79 Å². The lowest BCUT2D eigenvalue weighted by Crippen LogP contribution is -2.12. The predicted octanol–water partition coefficient (Wildman–Crippen LogP) is -2.05. The summed E-state index contributed by atoms with van der Waals surface area (Å²) in [6.45, 7) is 0. The summed E-state index contributed by atoms with van der Waals surface area (Å²) in [5.74, 6) is -2.42. The van der Waals surface area contributed by atoms with Crippen LogP contribution in [0.5, 0.6) is 0 Å². The Balaban J connectivity index is 2.93. The maximum atomic E-state index is 10.2. The van der Waals surface area contributed by atoms with Gasteiger partial charge in [-0.3, -0.25) is 0 Å². The molecule has 0 spiro atoms. The number of hydrogen-bond acceptors (Lipinski definition) is 7. The van der Waals surface area contributed by atoms with Crippen molar-refractivity contribution >= 4 is 5.97 Å². The van der Waals surface area contributed by atoms with E-state index in [9.17, 15) is 4.79 Å². The molecular formula is C4H4N4O4. The highest BCUT2D eigenvalue weighted by molar-refractivity contribution is 5.82. The second-order valence-corrected chi connectivity index (χ2v) is 1.76. The summed E-state index contributed by atoms with van der Waals surface area (Å²) in [5, 5.41) is 37.5. The van der Waals surface area contributed by atoms with Crippen molar-refractivity contribution in [2.45, 2.75) is 6.29 Å². The normalized spacial score (nSPS) is 10.2. The Kier molecular flexibility index (Phi) is 2.21. The van der Waals surface area contributed by atoms with E-state index in [0.717, 1.165) is 0 Å². The molecule has 1 rings (SSSR count). The summed E-state index contributed by atoms with van der Waals surface area (Å²) < 4.78 is 0. The number of carboxylic acid groups (broad SMARTS) is 1. The Morgan fingerprint density at radius 1 is 1.17 bits per heavy atom. The predicted molar refractivity (Wildman–Crippen MR) is 31.8 cm³/mol. The summed E-state index contributed by atoms with van der Waals surface area (Å²) in [7, 11) is 0. The Hall–Kier alpha value is -1.67. The van der Waals surface area contributed by atoms with Crippen molar-refractivity contribution < 1.29 is 20.1 Å². The van der Waals surface area contributed by atoms with Gasteiger partial charge in [0.15, 0.2) is 0 Å². The largest absolute Gasteiger partial charge is 0.475 e. The van der Waals surface area contributed by atoms with Crippen molar-refractivity contribution in [2.24, 2.45) is 0 Å². The van der Waals surface area contributed by atoms with Crippen molar-refractivity contribution in [1.82, 2.24) is 20.4 Å². The number of aromatic nitrogens is 4. The molecule has 0 saturated carbocycles. The number of hydrogen-bond donors (Lipinski definition) is 3. The number of aromatic carboxylic acids is 1. The van der Waals surface area contributed by atoms with Crippen LogP contribution in [0.1, 0.15) is 22.7 Å². The second kappa shape index (κ2) is 3.15. The van der Waals surface area contributed by atoms with Gasteiger partial charge in [-0.2, -0.15) is 0 Å². The first-order valence-corrected chi connectivity index (χ1v) is 2.78. The minimum Gasteiger partial charge on any atom is -0.475 e. The van der Waals surface area contributed by atoms with Crippen LogP contribution in [0.4, 0.5) is 0 Å². The Labute approximate surface area is 65.5 Å². The van der Waals surface area contributed by atoms with Gasteiger partial charge >= 0.3 is 5.97 Å². The molecule has 1 aromatic rings. The van der Waals surface area contributed by atoms with Crippen LogP contribution in [0, 0.1) is 0 Å². The number of carbonyl (C=O) groups is 1. The van der Waals surface area contributed by atoms with E-state index in [1.54, 1.807) is 0 Å². The highest BCUT2D eigenvalue weighted by atomic mass is 16.5. The standard InChI is InChI=1S/C4H4N4O4/c9-3(10)1-5-7-2(4(11)12)8-6-1/h3,9-10H,(H,11,12). The van der Waals surface area contributed by atoms with Gasteiger partial charge in [0.05, 0.1) is 0 Å². The summed E-state index contributed by atoms with van der Waals surface area (Å²) in [6.07, 6.45) is -1.90. The number of nitrogens with zero attached hydrogens (tertiary/aromatic N) is 4. The minimum atomic E-state index is -1.90. The fourth-order valence-electron chi connectivity index (χ4n) is 0.426. The third-order valence-electron chi connectivity index (χ3n) is 0.917. The van der Waals surface area contributed by atoms with Crippen molar-refractivity contribution in [3.8, 4) is 0 Å². The molecule has 8 heteroatoms. The van der Waals surface area contributed by atoms with E-state index in [4.69, 9.17) is 15.3 Å². The average Bonchev–Trinajstić information content (AvgIpc) is 2.04. The molecule has 0 aliphatic carbocycles. The van der Waals surface area contributed by atoms with Crippen LogP contribution in [-0.4, -0.2) is 41.7 Å². The van der Waals surface area contributed by atoms with Gasteiger partial charge in [0.2, 0.25) is 12.1 Å². The van der Waals surface area contributed by atoms with E-state index in [-0.39, 0.29) is 0 Å². The second-order valence-electron chi connectivity index (χ2n) is 1.76. The highest BCUT2D eigenvalue weighted by Gasteiger charge is 2.11. The smallest absolute Gasteiger partial charge is 0.377 e. The summed E-state index contributed by atoms with van der Waals surface area (Å²) in [4.78, 5) is 10.2. The number of aliphatic hydroxyl groups is 2. The lowest BCUT2D eigenvalue weighted by Gasteiger charge is -1.97. The first-order valence-electron chi connectivity index (χ1n) is 2.78. The molecule has 0 aliphatic heterocycles. The van der Waals surface area contributed by atoms with Crippen LogP contribution in [0.25, 0.3) is 0 Å². The molecule has 0 unspecified atom stereocenters. The summed E-state index contributed by atoms with van der Waals surface area (Å²) >= 11 is 0. The van der Waals surface area contributed by atoms with Gasteiger partial charge in [-0.15, -0.1) is 20.4 Å². The van der Waals surface area contributed by atoms with Crippen molar-refractivity contribution in [2.75, 3.05) is 0 Å². The maximum Gasteiger partial charge on any atom is 0.377 e. The number of carboxylic acids is 1. The Morgan fingerprint density at radius 3 is 2.00 bits per heavy atom. The van der Waals surface area contributed by atoms with Crippen LogP contribution >= 0.6 is 0 Å². The molecule has 0 atom stereocenters. The molecule has 0 radical (unpaired) electrons. The Bertz CT molecular complexity index is 284. The lowest BCUT2D eigenvalue weighted by atomic mass is 10.6. The molecule has 1 heterocycles. The topological polar surface area (TPSA) is 129 Å². The van der Waals surface area contributed by atoms with Crippen LogP contribution in [0.15, 0.2) is 0 Å². The minimum absolute atomic E-state index is 0.444. The van der Waals surface area contributed by atoms with Crippen LogP contribution < -0.4 is 0 Å². The van der Waals surface area contributed by atoms with Crippen molar-refractivity contribution in [3.63, 3.8) is 0 Å². The summed E-state index contributed by atoms with van der Waals surface area (Å²) in [5.41, 5.74) is 0. The van der Waals surface area contributed by atoms with E-state index < -0.39 is 23.9 Å². The van der Waals surface area contributed by atoms with E-state index >= 15 is 0 Å². The molecule has 0 amide bonds. The SMILES string of the molecule is O=C(O)c1nnc(C(O)O)nn1. The average molecular weight is 172 g/mol. The van der Waals surface area contributed by atoms with E-state index in [2.05, 4.69) is 20.4 Å². The van der Waals surface area contributed by atoms with Crippen LogP contribution in [-0.2, 0) is 0 Å². The number of aliphatic hydroxyl groups excluding tert-OH is 1. The first kappa shape index (κ1) is 8.43. The molecule has 0 fully saturated rings. The van der Waals surface area contributed by atoms with Crippen molar-refractivity contribution in [1.29, 1.82) is 0 Å². The number of rotatable bonds is 2. The zero-order valence-corrected chi connectivity index (χ0v) is 5.62.